The van der Waals surface area contributed by atoms with Crippen LogP contribution < -0.4 is 5.73 Å². The third kappa shape index (κ3) is 4.01. The SMILES string of the molecule is CC(C)Cn1ncnc1CN(C)C1CCC(N)CC1. The van der Waals surface area contributed by atoms with E-state index in [0.717, 1.165) is 31.8 Å². The van der Waals surface area contributed by atoms with Crippen LogP contribution in [0.25, 0.3) is 0 Å². The zero-order valence-corrected chi connectivity index (χ0v) is 12.4. The molecule has 0 radical (unpaired) electrons. The van der Waals surface area contributed by atoms with E-state index in [-0.39, 0.29) is 0 Å². The first-order valence-electron chi connectivity index (χ1n) is 7.38. The van der Waals surface area contributed by atoms with Crippen molar-refractivity contribution in [2.24, 2.45) is 11.7 Å². The van der Waals surface area contributed by atoms with Crippen LogP contribution in [0, 0.1) is 5.92 Å². The summed E-state index contributed by atoms with van der Waals surface area (Å²) in [6.07, 6.45) is 6.37. The predicted octanol–water partition coefficient (Wildman–Crippen LogP) is 1.64. The van der Waals surface area contributed by atoms with Crippen molar-refractivity contribution in [3.05, 3.63) is 12.2 Å². The van der Waals surface area contributed by atoms with E-state index in [0.29, 0.717) is 18.0 Å². The molecule has 1 fully saturated rings. The van der Waals surface area contributed by atoms with Crippen LogP contribution in [-0.4, -0.2) is 38.8 Å². The minimum absolute atomic E-state index is 0.411. The summed E-state index contributed by atoms with van der Waals surface area (Å²) in [5.74, 6) is 1.67. The second-order valence-corrected chi connectivity index (χ2v) is 6.24. The van der Waals surface area contributed by atoms with Gasteiger partial charge in [-0.2, -0.15) is 5.10 Å². The summed E-state index contributed by atoms with van der Waals surface area (Å²) in [6.45, 7) is 6.24. The van der Waals surface area contributed by atoms with Crippen molar-refractivity contribution < 1.29 is 0 Å². The van der Waals surface area contributed by atoms with E-state index < -0.39 is 0 Å². The molecule has 0 amide bonds. The lowest BCUT2D eigenvalue weighted by molar-refractivity contribution is 0.169. The molecular weight excluding hydrogens is 238 g/mol. The Labute approximate surface area is 116 Å². The minimum atomic E-state index is 0.411. The maximum absolute atomic E-state index is 5.97. The van der Waals surface area contributed by atoms with Gasteiger partial charge in [-0.3, -0.25) is 4.90 Å². The molecule has 1 aliphatic rings. The number of nitrogens with two attached hydrogens (primary N) is 1. The van der Waals surface area contributed by atoms with Gasteiger partial charge in [0.1, 0.15) is 12.2 Å². The van der Waals surface area contributed by atoms with E-state index in [2.05, 4.69) is 35.9 Å². The lowest BCUT2D eigenvalue weighted by atomic mass is 9.91. The molecular formula is C14H27N5. The first-order chi connectivity index (χ1) is 9.06. The molecule has 0 saturated heterocycles. The van der Waals surface area contributed by atoms with Crippen molar-refractivity contribution in [2.45, 2.75) is 64.7 Å². The monoisotopic (exact) mass is 265 g/mol. The molecule has 1 saturated carbocycles. The van der Waals surface area contributed by atoms with Gasteiger partial charge in [-0.15, -0.1) is 0 Å². The Bertz CT molecular complexity index is 379. The molecule has 0 aliphatic heterocycles. The topological polar surface area (TPSA) is 60.0 Å². The van der Waals surface area contributed by atoms with E-state index in [1.165, 1.54) is 12.8 Å². The maximum atomic E-state index is 5.97. The molecule has 5 heteroatoms. The van der Waals surface area contributed by atoms with Crippen molar-refractivity contribution in [1.82, 2.24) is 19.7 Å². The lowest BCUT2D eigenvalue weighted by Crippen LogP contribution is -2.38. The Kier molecular flexibility index (Phi) is 4.93. The van der Waals surface area contributed by atoms with Crippen LogP contribution in [0.2, 0.25) is 0 Å². The highest BCUT2D eigenvalue weighted by molar-refractivity contribution is 4.88. The van der Waals surface area contributed by atoms with Crippen molar-refractivity contribution in [2.75, 3.05) is 7.05 Å². The van der Waals surface area contributed by atoms with E-state index in [9.17, 15) is 0 Å². The fraction of sp³-hybridized carbons (Fsp3) is 0.857. The van der Waals surface area contributed by atoms with Crippen LogP contribution in [0.3, 0.4) is 0 Å². The van der Waals surface area contributed by atoms with Gasteiger partial charge >= 0.3 is 0 Å². The van der Waals surface area contributed by atoms with Gasteiger partial charge in [0.05, 0.1) is 6.54 Å². The highest BCUT2D eigenvalue weighted by Crippen LogP contribution is 2.22. The Morgan fingerprint density at radius 1 is 1.37 bits per heavy atom. The number of nitrogens with zero attached hydrogens (tertiary/aromatic N) is 4. The van der Waals surface area contributed by atoms with Crippen LogP contribution in [0.4, 0.5) is 0 Å². The normalized spacial score (nSPS) is 24.3. The molecule has 1 aromatic heterocycles. The van der Waals surface area contributed by atoms with E-state index in [1.54, 1.807) is 6.33 Å². The third-order valence-electron chi connectivity index (χ3n) is 3.99. The summed E-state index contributed by atoms with van der Waals surface area (Å²) in [4.78, 5) is 6.81. The van der Waals surface area contributed by atoms with Crippen LogP contribution >= 0.6 is 0 Å². The van der Waals surface area contributed by atoms with Gasteiger partial charge in [0.25, 0.3) is 0 Å². The Morgan fingerprint density at radius 2 is 2.05 bits per heavy atom. The second-order valence-electron chi connectivity index (χ2n) is 6.24. The van der Waals surface area contributed by atoms with Crippen LogP contribution in [0.1, 0.15) is 45.4 Å². The molecule has 0 unspecified atom stereocenters. The average Bonchev–Trinajstić information content (AvgIpc) is 2.76. The minimum Gasteiger partial charge on any atom is -0.328 e. The smallest absolute Gasteiger partial charge is 0.141 e. The van der Waals surface area contributed by atoms with Gasteiger partial charge in [-0.05, 0) is 38.6 Å². The zero-order chi connectivity index (χ0) is 13.8. The second kappa shape index (κ2) is 6.48. The lowest BCUT2D eigenvalue weighted by Gasteiger charge is -2.33. The molecule has 0 spiro atoms. The van der Waals surface area contributed by atoms with Crippen molar-refractivity contribution in [3.63, 3.8) is 0 Å². The first-order valence-corrected chi connectivity index (χ1v) is 7.38. The summed E-state index contributed by atoms with van der Waals surface area (Å²) in [5, 5.41) is 4.33. The van der Waals surface area contributed by atoms with Crippen LogP contribution in [0.5, 0.6) is 0 Å². The van der Waals surface area contributed by atoms with Crippen molar-refractivity contribution >= 4 is 0 Å². The van der Waals surface area contributed by atoms with Crippen molar-refractivity contribution in [3.8, 4) is 0 Å². The van der Waals surface area contributed by atoms with Gasteiger partial charge in [-0.1, -0.05) is 13.8 Å². The Balaban J connectivity index is 1.91. The molecule has 0 aromatic carbocycles. The molecule has 108 valence electrons. The predicted molar refractivity (Wildman–Crippen MR) is 76.6 cm³/mol. The standard InChI is InChI=1S/C14H27N5/c1-11(2)8-19-14(16-10-17-19)9-18(3)13-6-4-12(15)5-7-13/h10-13H,4-9,15H2,1-3H3. The molecule has 1 aliphatic carbocycles. The summed E-state index contributed by atoms with van der Waals surface area (Å²) in [5.41, 5.74) is 5.97. The van der Waals surface area contributed by atoms with Crippen LogP contribution in [0.15, 0.2) is 6.33 Å². The first kappa shape index (κ1) is 14.5. The fourth-order valence-corrected chi connectivity index (χ4v) is 2.80. The average molecular weight is 265 g/mol. The van der Waals surface area contributed by atoms with Gasteiger partial charge in [0.15, 0.2) is 0 Å². The molecule has 0 atom stereocenters. The summed E-state index contributed by atoms with van der Waals surface area (Å²) < 4.78 is 2.04. The highest BCUT2D eigenvalue weighted by Gasteiger charge is 2.23. The van der Waals surface area contributed by atoms with E-state index in [1.807, 2.05) is 4.68 Å². The summed E-state index contributed by atoms with van der Waals surface area (Å²) in [6, 6.07) is 1.05. The molecule has 0 bridgehead atoms. The van der Waals surface area contributed by atoms with Gasteiger partial charge in [-0.25, -0.2) is 9.67 Å². The summed E-state index contributed by atoms with van der Waals surface area (Å²) >= 11 is 0. The molecule has 19 heavy (non-hydrogen) atoms. The number of hydrogen-bond donors (Lipinski definition) is 1. The molecule has 1 aromatic rings. The maximum Gasteiger partial charge on any atom is 0.141 e. The molecule has 2 rings (SSSR count). The van der Waals surface area contributed by atoms with Crippen molar-refractivity contribution in [1.29, 1.82) is 0 Å². The molecule has 2 N–H and O–H groups in total. The van der Waals surface area contributed by atoms with Gasteiger partial charge in [0, 0.05) is 18.6 Å². The zero-order valence-electron chi connectivity index (χ0n) is 12.4. The fourth-order valence-electron chi connectivity index (χ4n) is 2.80. The third-order valence-corrected chi connectivity index (χ3v) is 3.99. The highest BCUT2D eigenvalue weighted by atomic mass is 15.3. The number of hydrogen-bond acceptors (Lipinski definition) is 4. The molecule has 5 nitrogen and oxygen atoms in total. The molecule has 1 heterocycles. The Hall–Kier alpha value is -0.940. The number of rotatable bonds is 5. The van der Waals surface area contributed by atoms with Crippen LogP contribution in [-0.2, 0) is 13.1 Å². The Morgan fingerprint density at radius 3 is 2.68 bits per heavy atom. The quantitative estimate of drug-likeness (QED) is 0.879. The van der Waals surface area contributed by atoms with E-state index >= 15 is 0 Å². The van der Waals surface area contributed by atoms with Gasteiger partial charge < -0.3 is 5.73 Å². The summed E-state index contributed by atoms with van der Waals surface area (Å²) in [7, 11) is 2.19. The number of aromatic nitrogens is 3. The van der Waals surface area contributed by atoms with E-state index in [4.69, 9.17) is 5.73 Å². The van der Waals surface area contributed by atoms with Gasteiger partial charge in [0.2, 0.25) is 0 Å². The largest absolute Gasteiger partial charge is 0.328 e.